The number of amides is 4. The van der Waals surface area contributed by atoms with E-state index in [1.807, 2.05) is 61.5 Å². The van der Waals surface area contributed by atoms with E-state index < -0.39 is 17.8 Å². The third-order valence-corrected chi connectivity index (χ3v) is 6.49. The topological polar surface area (TPSA) is 84.9 Å². The molecule has 1 fully saturated rings. The Hall–Kier alpha value is -4.91. The Labute approximate surface area is 220 Å². The molecule has 1 aliphatic heterocycles. The number of hydrogen-bond acceptors (Lipinski definition) is 5. The van der Waals surface area contributed by atoms with E-state index in [0.717, 1.165) is 33.2 Å². The number of rotatable bonds is 7. The van der Waals surface area contributed by atoms with Gasteiger partial charge in [-0.05, 0) is 58.7 Å². The SMILES string of the molecule is CCc1ccc(N2C(=O)NC(=O)/C(=C\c3ccc(OC)cc3OCc3cccc4ccccc34)C2=O)cc1. The molecule has 0 aromatic heterocycles. The van der Waals surface area contributed by atoms with Gasteiger partial charge in [0.2, 0.25) is 0 Å². The number of carbonyl (C=O) groups excluding carboxylic acids is 3. The lowest BCUT2D eigenvalue weighted by Crippen LogP contribution is -2.54. The van der Waals surface area contributed by atoms with Crippen LogP contribution in [0.2, 0.25) is 0 Å². The zero-order chi connectivity index (χ0) is 26.6. The zero-order valence-corrected chi connectivity index (χ0v) is 21.1. The normalized spacial score (nSPS) is 14.6. The molecule has 4 amide bonds. The summed E-state index contributed by atoms with van der Waals surface area (Å²) in [6.07, 6.45) is 2.26. The van der Waals surface area contributed by atoms with Crippen molar-refractivity contribution in [3.63, 3.8) is 0 Å². The Morgan fingerprint density at radius 1 is 0.895 bits per heavy atom. The van der Waals surface area contributed by atoms with Gasteiger partial charge in [0, 0.05) is 11.6 Å². The molecule has 0 saturated carbocycles. The smallest absolute Gasteiger partial charge is 0.335 e. The van der Waals surface area contributed by atoms with Gasteiger partial charge in [-0.1, -0.05) is 61.5 Å². The summed E-state index contributed by atoms with van der Waals surface area (Å²) in [5, 5.41) is 4.44. The van der Waals surface area contributed by atoms with Gasteiger partial charge in [0.15, 0.2) is 0 Å². The Morgan fingerprint density at radius 2 is 1.66 bits per heavy atom. The molecule has 5 rings (SSSR count). The number of urea groups is 1. The third kappa shape index (κ3) is 4.86. The molecule has 0 radical (unpaired) electrons. The number of nitrogens with one attached hydrogen (secondary N) is 1. The van der Waals surface area contributed by atoms with Crippen LogP contribution in [0.3, 0.4) is 0 Å². The van der Waals surface area contributed by atoms with E-state index >= 15 is 0 Å². The van der Waals surface area contributed by atoms with Crippen molar-refractivity contribution >= 4 is 40.4 Å². The Morgan fingerprint density at radius 3 is 2.42 bits per heavy atom. The Kier molecular flexibility index (Phi) is 6.91. The van der Waals surface area contributed by atoms with Gasteiger partial charge < -0.3 is 9.47 Å². The van der Waals surface area contributed by atoms with Gasteiger partial charge in [0.05, 0.1) is 12.8 Å². The van der Waals surface area contributed by atoms with Crippen LogP contribution in [-0.2, 0) is 22.6 Å². The van der Waals surface area contributed by atoms with E-state index in [0.29, 0.717) is 22.7 Å². The van der Waals surface area contributed by atoms with Crippen molar-refractivity contribution < 1.29 is 23.9 Å². The Balaban J connectivity index is 1.48. The van der Waals surface area contributed by atoms with E-state index in [1.165, 1.54) is 6.08 Å². The summed E-state index contributed by atoms with van der Waals surface area (Å²) in [6, 6.07) is 25.4. The fraction of sp³-hybridized carbons (Fsp3) is 0.129. The summed E-state index contributed by atoms with van der Waals surface area (Å²) < 4.78 is 11.6. The van der Waals surface area contributed by atoms with Gasteiger partial charge in [-0.3, -0.25) is 14.9 Å². The highest BCUT2D eigenvalue weighted by Crippen LogP contribution is 2.30. The summed E-state index contributed by atoms with van der Waals surface area (Å²) in [7, 11) is 1.55. The van der Waals surface area contributed by atoms with Crippen LogP contribution in [0.15, 0.2) is 90.5 Å². The average molecular weight is 507 g/mol. The highest BCUT2D eigenvalue weighted by Gasteiger charge is 2.37. The number of nitrogens with zero attached hydrogens (tertiary/aromatic N) is 1. The molecule has 1 saturated heterocycles. The summed E-state index contributed by atoms with van der Waals surface area (Å²) in [5.41, 5.74) is 2.76. The number of hydrogen-bond donors (Lipinski definition) is 1. The second kappa shape index (κ2) is 10.6. The number of fused-ring (bicyclic) bond motifs is 1. The number of barbiturate groups is 1. The molecule has 0 unspecified atom stereocenters. The first-order chi connectivity index (χ1) is 18.5. The van der Waals surface area contributed by atoms with Crippen LogP contribution in [0.4, 0.5) is 10.5 Å². The predicted octanol–water partition coefficient (Wildman–Crippen LogP) is 5.66. The van der Waals surface area contributed by atoms with Crippen LogP contribution in [0, 0.1) is 0 Å². The number of ether oxygens (including phenoxy) is 2. The lowest BCUT2D eigenvalue weighted by atomic mass is 10.0. The van der Waals surface area contributed by atoms with Crippen molar-refractivity contribution in [1.82, 2.24) is 5.32 Å². The van der Waals surface area contributed by atoms with Crippen molar-refractivity contribution in [2.45, 2.75) is 20.0 Å². The van der Waals surface area contributed by atoms with Crippen LogP contribution in [-0.4, -0.2) is 25.0 Å². The van der Waals surface area contributed by atoms with Gasteiger partial charge in [0.25, 0.3) is 11.8 Å². The minimum absolute atomic E-state index is 0.177. The molecule has 0 bridgehead atoms. The van der Waals surface area contributed by atoms with Crippen LogP contribution in [0.1, 0.15) is 23.6 Å². The second-order valence-corrected chi connectivity index (χ2v) is 8.81. The molecular weight excluding hydrogens is 480 g/mol. The molecule has 0 aliphatic carbocycles. The standard InChI is InChI=1S/C31H26N2O5/c1-3-20-11-14-24(15-12-20)33-30(35)27(29(34)32-31(33)36)17-22-13-16-25(37-2)18-28(22)38-19-23-9-6-8-21-7-4-5-10-26(21)23/h4-18H,3,19H2,1-2H3,(H,32,34,36)/b27-17+. The minimum Gasteiger partial charge on any atom is -0.497 e. The van der Waals surface area contributed by atoms with Crippen LogP contribution in [0.5, 0.6) is 11.5 Å². The quantitative estimate of drug-likeness (QED) is 0.258. The summed E-state index contributed by atoms with van der Waals surface area (Å²) in [6.45, 7) is 2.28. The number of benzene rings is 4. The molecule has 7 heteroatoms. The summed E-state index contributed by atoms with van der Waals surface area (Å²) in [4.78, 5) is 39.7. The molecule has 1 heterocycles. The van der Waals surface area contributed by atoms with Crippen LogP contribution in [0.25, 0.3) is 16.8 Å². The number of aryl methyl sites for hydroxylation is 1. The maximum atomic E-state index is 13.4. The maximum Gasteiger partial charge on any atom is 0.335 e. The largest absolute Gasteiger partial charge is 0.497 e. The lowest BCUT2D eigenvalue weighted by molar-refractivity contribution is -0.122. The third-order valence-electron chi connectivity index (χ3n) is 6.49. The first kappa shape index (κ1) is 24.8. The van der Waals surface area contributed by atoms with Gasteiger partial charge >= 0.3 is 6.03 Å². The molecule has 4 aromatic rings. The highest BCUT2D eigenvalue weighted by molar-refractivity contribution is 6.39. The van der Waals surface area contributed by atoms with Crippen molar-refractivity contribution in [3.8, 4) is 11.5 Å². The molecule has 190 valence electrons. The first-order valence-corrected chi connectivity index (χ1v) is 12.3. The van der Waals surface area contributed by atoms with Crippen LogP contribution < -0.4 is 19.7 Å². The van der Waals surface area contributed by atoms with Crippen molar-refractivity contribution in [1.29, 1.82) is 0 Å². The molecule has 7 nitrogen and oxygen atoms in total. The minimum atomic E-state index is -0.788. The lowest BCUT2D eigenvalue weighted by Gasteiger charge is -2.26. The molecule has 38 heavy (non-hydrogen) atoms. The molecule has 4 aromatic carbocycles. The number of methoxy groups -OCH3 is 1. The van der Waals surface area contributed by atoms with E-state index in [-0.39, 0.29) is 12.2 Å². The van der Waals surface area contributed by atoms with Crippen molar-refractivity contribution in [3.05, 3.63) is 107 Å². The molecule has 0 spiro atoms. The first-order valence-electron chi connectivity index (χ1n) is 12.3. The van der Waals surface area contributed by atoms with Gasteiger partial charge in [-0.2, -0.15) is 0 Å². The van der Waals surface area contributed by atoms with Gasteiger partial charge in [0.1, 0.15) is 23.7 Å². The zero-order valence-electron chi connectivity index (χ0n) is 21.1. The summed E-state index contributed by atoms with van der Waals surface area (Å²) >= 11 is 0. The second-order valence-electron chi connectivity index (χ2n) is 8.81. The predicted molar refractivity (Wildman–Crippen MR) is 146 cm³/mol. The average Bonchev–Trinajstić information content (AvgIpc) is 2.94. The summed E-state index contributed by atoms with van der Waals surface area (Å²) in [5.74, 6) is -0.482. The fourth-order valence-electron chi connectivity index (χ4n) is 4.39. The molecule has 1 N–H and O–H groups in total. The molecule has 0 atom stereocenters. The monoisotopic (exact) mass is 506 g/mol. The Bertz CT molecular complexity index is 1570. The van der Waals surface area contributed by atoms with E-state index in [2.05, 4.69) is 5.32 Å². The fourth-order valence-corrected chi connectivity index (χ4v) is 4.39. The number of anilines is 1. The number of imide groups is 2. The molecular formula is C31H26N2O5. The number of carbonyl (C=O) groups is 3. The van der Waals surface area contributed by atoms with Crippen molar-refractivity contribution in [2.24, 2.45) is 0 Å². The van der Waals surface area contributed by atoms with E-state index in [4.69, 9.17) is 9.47 Å². The molecule has 1 aliphatic rings. The maximum absolute atomic E-state index is 13.4. The van der Waals surface area contributed by atoms with E-state index in [9.17, 15) is 14.4 Å². The van der Waals surface area contributed by atoms with Gasteiger partial charge in [-0.15, -0.1) is 0 Å². The van der Waals surface area contributed by atoms with Gasteiger partial charge in [-0.25, -0.2) is 9.69 Å². The highest BCUT2D eigenvalue weighted by atomic mass is 16.5. The van der Waals surface area contributed by atoms with Crippen LogP contribution >= 0.6 is 0 Å². The van der Waals surface area contributed by atoms with E-state index in [1.54, 1.807) is 37.4 Å². The van der Waals surface area contributed by atoms with Crippen molar-refractivity contribution in [2.75, 3.05) is 12.0 Å².